The number of rotatable bonds is 4. The van der Waals surface area contributed by atoms with E-state index in [9.17, 15) is 4.79 Å². The molecule has 2 aromatic rings. The fourth-order valence-corrected chi connectivity index (χ4v) is 3.68. The van der Waals surface area contributed by atoms with Crippen LogP contribution in [0.4, 0.5) is 5.69 Å². The zero-order valence-electron chi connectivity index (χ0n) is 14.3. The number of fused-ring (bicyclic) bond motifs is 1. The molecule has 0 fully saturated rings. The summed E-state index contributed by atoms with van der Waals surface area (Å²) in [5, 5.41) is 0. The number of carbonyl (C=O) groups excluding carboxylic acids is 1. The van der Waals surface area contributed by atoms with Gasteiger partial charge >= 0.3 is 0 Å². The van der Waals surface area contributed by atoms with Crippen molar-refractivity contribution in [3.8, 4) is 11.5 Å². The summed E-state index contributed by atoms with van der Waals surface area (Å²) >= 11 is 3.47. The van der Waals surface area contributed by atoms with E-state index in [0.29, 0.717) is 11.5 Å². The Balaban J connectivity index is 1.83. The molecule has 0 bridgehead atoms. The molecule has 5 heteroatoms. The van der Waals surface area contributed by atoms with E-state index in [4.69, 9.17) is 9.47 Å². The maximum absolute atomic E-state index is 12.7. The van der Waals surface area contributed by atoms with Gasteiger partial charge in [0, 0.05) is 18.3 Å². The van der Waals surface area contributed by atoms with Crippen LogP contribution in [0.5, 0.6) is 11.5 Å². The minimum Gasteiger partial charge on any atom is -0.493 e. The molecule has 0 saturated carbocycles. The van der Waals surface area contributed by atoms with Crippen molar-refractivity contribution in [2.45, 2.75) is 12.8 Å². The predicted molar refractivity (Wildman–Crippen MR) is 103 cm³/mol. The second kappa shape index (κ2) is 7.74. The lowest BCUT2D eigenvalue weighted by Gasteiger charge is -2.28. The van der Waals surface area contributed by atoms with Crippen LogP contribution in [0, 0.1) is 0 Å². The maximum Gasteiger partial charge on any atom is 0.250 e. The molecule has 1 heterocycles. The summed E-state index contributed by atoms with van der Waals surface area (Å²) in [6, 6.07) is 11.8. The van der Waals surface area contributed by atoms with Gasteiger partial charge in [0.2, 0.25) is 0 Å². The number of halogens is 1. The molecule has 1 aliphatic heterocycles. The molecule has 1 amide bonds. The summed E-state index contributed by atoms with van der Waals surface area (Å²) < 4.78 is 11.4. The summed E-state index contributed by atoms with van der Waals surface area (Å²) in [5.74, 6) is 1.24. The van der Waals surface area contributed by atoms with E-state index < -0.39 is 0 Å². The van der Waals surface area contributed by atoms with Crippen molar-refractivity contribution in [3.63, 3.8) is 0 Å². The van der Waals surface area contributed by atoms with Gasteiger partial charge in [0.1, 0.15) is 0 Å². The van der Waals surface area contributed by atoms with Crippen LogP contribution in [0.3, 0.4) is 0 Å². The van der Waals surface area contributed by atoms with E-state index in [1.807, 2.05) is 35.2 Å². The fraction of sp³-hybridized carbons (Fsp3) is 0.250. The largest absolute Gasteiger partial charge is 0.493 e. The quantitative estimate of drug-likeness (QED) is 0.709. The van der Waals surface area contributed by atoms with Crippen molar-refractivity contribution >= 4 is 33.6 Å². The number of anilines is 1. The Bertz CT molecular complexity index is 817. The van der Waals surface area contributed by atoms with Gasteiger partial charge in [0.05, 0.1) is 18.7 Å². The van der Waals surface area contributed by atoms with E-state index in [1.54, 1.807) is 26.4 Å². The van der Waals surface area contributed by atoms with Crippen molar-refractivity contribution in [1.82, 2.24) is 0 Å². The number of hydrogen-bond donors (Lipinski definition) is 0. The first-order valence-electron chi connectivity index (χ1n) is 8.13. The molecule has 0 spiro atoms. The average molecular weight is 402 g/mol. The minimum atomic E-state index is -0.0157. The summed E-state index contributed by atoms with van der Waals surface area (Å²) in [6.07, 6.45) is 5.41. The van der Waals surface area contributed by atoms with E-state index in [1.165, 1.54) is 5.56 Å². The Morgan fingerprint density at radius 3 is 2.76 bits per heavy atom. The van der Waals surface area contributed by atoms with Crippen LogP contribution in [0.15, 0.2) is 46.9 Å². The Kier molecular flexibility index (Phi) is 5.43. The van der Waals surface area contributed by atoms with E-state index >= 15 is 0 Å². The Morgan fingerprint density at radius 1 is 1.20 bits per heavy atom. The Morgan fingerprint density at radius 2 is 2.00 bits per heavy atom. The highest BCUT2D eigenvalue weighted by Crippen LogP contribution is 2.36. The third kappa shape index (κ3) is 3.71. The fourth-order valence-electron chi connectivity index (χ4n) is 3.05. The smallest absolute Gasteiger partial charge is 0.250 e. The van der Waals surface area contributed by atoms with Crippen LogP contribution in [0.1, 0.15) is 17.5 Å². The predicted octanol–water partition coefficient (Wildman–Crippen LogP) is 4.46. The van der Waals surface area contributed by atoms with Crippen LogP contribution in [0.25, 0.3) is 6.08 Å². The number of amides is 1. The summed E-state index contributed by atoms with van der Waals surface area (Å²) in [7, 11) is 3.18. The second-order valence-electron chi connectivity index (χ2n) is 5.79. The van der Waals surface area contributed by atoms with Gasteiger partial charge in [0.15, 0.2) is 11.5 Å². The van der Waals surface area contributed by atoms with Crippen LogP contribution in [-0.4, -0.2) is 26.7 Å². The van der Waals surface area contributed by atoms with Gasteiger partial charge in [-0.1, -0.05) is 18.2 Å². The van der Waals surface area contributed by atoms with Gasteiger partial charge in [-0.2, -0.15) is 0 Å². The second-order valence-corrected chi connectivity index (χ2v) is 6.65. The molecule has 0 unspecified atom stereocenters. The van der Waals surface area contributed by atoms with E-state index in [0.717, 1.165) is 35.1 Å². The number of benzene rings is 2. The molecule has 0 saturated heterocycles. The van der Waals surface area contributed by atoms with Gasteiger partial charge in [-0.25, -0.2) is 0 Å². The number of carbonyl (C=O) groups is 1. The number of hydrogen-bond acceptors (Lipinski definition) is 3. The first-order chi connectivity index (χ1) is 12.1. The molecule has 3 rings (SSSR count). The third-order valence-corrected chi connectivity index (χ3v) is 4.84. The first-order valence-corrected chi connectivity index (χ1v) is 8.92. The topological polar surface area (TPSA) is 38.8 Å². The average Bonchev–Trinajstić information content (AvgIpc) is 2.65. The molecular formula is C20H20BrNO3. The van der Waals surface area contributed by atoms with Crippen LogP contribution >= 0.6 is 15.9 Å². The zero-order valence-corrected chi connectivity index (χ0v) is 15.9. The summed E-state index contributed by atoms with van der Waals surface area (Å²) in [5.41, 5.74) is 3.10. The molecule has 0 aliphatic carbocycles. The van der Waals surface area contributed by atoms with Gasteiger partial charge in [-0.05, 0) is 64.2 Å². The van der Waals surface area contributed by atoms with Crippen molar-refractivity contribution in [3.05, 3.63) is 58.1 Å². The van der Waals surface area contributed by atoms with E-state index in [-0.39, 0.29) is 5.91 Å². The lowest BCUT2D eigenvalue weighted by molar-refractivity contribution is -0.114. The standard InChI is InChI=1S/C20H20BrNO3/c1-24-18-13-14(12-16(21)20(18)25-2)9-10-19(23)22-11-5-7-15-6-3-4-8-17(15)22/h3-4,6,8-10,12-13H,5,7,11H2,1-2H3/b10-9+. The molecule has 0 atom stereocenters. The lowest BCUT2D eigenvalue weighted by Crippen LogP contribution is -2.34. The number of para-hydroxylation sites is 1. The molecule has 0 N–H and O–H groups in total. The first kappa shape index (κ1) is 17.5. The van der Waals surface area contributed by atoms with Crippen LogP contribution in [0.2, 0.25) is 0 Å². The number of methoxy groups -OCH3 is 2. The molecule has 25 heavy (non-hydrogen) atoms. The SMILES string of the molecule is COc1cc(/C=C/C(=O)N2CCCc3ccccc32)cc(Br)c1OC. The number of aryl methyl sites for hydroxylation is 1. The normalized spacial score (nSPS) is 13.6. The number of nitrogens with zero attached hydrogens (tertiary/aromatic N) is 1. The summed E-state index contributed by atoms with van der Waals surface area (Å²) in [6.45, 7) is 0.746. The van der Waals surface area contributed by atoms with Crippen LogP contribution < -0.4 is 14.4 Å². The molecule has 0 aromatic heterocycles. The monoisotopic (exact) mass is 401 g/mol. The minimum absolute atomic E-state index is 0.0157. The molecule has 0 radical (unpaired) electrons. The molecule has 1 aliphatic rings. The van der Waals surface area contributed by atoms with Gasteiger partial charge in [0.25, 0.3) is 5.91 Å². The highest BCUT2D eigenvalue weighted by Gasteiger charge is 2.20. The van der Waals surface area contributed by atoms with Crippen molar-refractivity contribution in [2.75, 3.05) is 25.7 Å². The number of ether oxygens (including phenoxy) is 2. The van der Waals surface area contributed by atoms with Gasteiger partial charge in [-0.15, -0.1) is 0 Å². The highest BCUT2D eigenvalue weighted by molar-refractivity contribution is 9.10. The van der Waals surface area contributed by atoms with Crippen molar-refractivity contribution in [2.24, 2.45) is 0 Å². The maximum atomic E-state index is 12.7. The Labute approximate surface area is 156 Å². The van der Waals surface area contributed by atoms with Gasteiger partial charge < -0.3 is 14.4 Å². The zero-order chi connectivity index (χ0) is 17.8. The van der Waals surface area contributed by atoms with Crippen molar-refractivity contribution in [1.29, 1.82) is 0 Å². The third-order valence-electron chi connectivity index (χ3n) is 4.25. The van der Waals surface area contributed by atoms with Gasteiger partial charge in [-0.3, -0.25) is 4.79 Å². The molecular weight excluding hydrogens is 382 g/mol. The molecule has 4 nitrogen and oxygen atoms in total. The molecule has 130 valence electrons. The lowest BCUT2D eigenvalue weighted by atomic mass is 10.0. The highest BCUT2D eigenvalue weighted by atomic mass is 79.9. The summed E-state index contributed by atoms with van der Waals surface area (Å²) in [4.78, 5) is 14.5. The Hall–Kier alpha value is -2.27. The van der Waals surface area contributed by atoms with Crippen molar-refractivity contribution < 1.29 is 14.3 Å². The molecule has 2 aromatic carbocycles. The van der Waals surface area contributed by atoms with E-state index in [2.05, 4.69) is 22.0 Å². The van der Waals surface area contributed by atoms with Crippen LogP contribution in [-0.2, 0) is 11.2 Å².